The third kappa shape index (κ3) is 4.21. The van der Waals surface area contributed by atoms with E-state index in [-0.39, 0.29) is 34.5 Å². The second-order valence-electron chi connectivity index (χ2n) is 4.82. The minimum Gasteiger partial charge on any atom is -0.351 e. The number of carbonyl (C=O) groups excluding carboxylic acids is 1. The standard InChI is InChI=1S/C13H16FNO3S2/c1-9(19-12-4-2-10(14)3-5-12)13(16)15-11-6-7-20(17,18)8-11/h2-5,9,11H,6-8H2,1H3,(H,15,16)/t9-,11+/m0/s1. The Hall–Kier alpha value is -1.08. The van der Waals surface area contributed by atoms with Crippen LogP contribution in [0.4, 0.5) is 4.39 Å². The molecule has 1 aliphatic rings. The molecule has 2 atom stereocenters. The number of rotatable bonds is 4. The highest BCUT2D eigenvalue weighted by molar-refractivity contribution is 8.00. The van der Waals surface area contributed by atoms with E-state index in [4.69, 9.17) is 0 Å². The maximum Gasteiger partial charge on any atom is 0.233 e. The van der Waals surface area contributed by atoms with Gasteiger partial charge in [-0.3, -0.25) is 4.79 Å². The number of benzene rings is 1. The average Bonchev–Trinajstić information content (AvgIpc) is 2.71. The lowest BCUT2D eigenvalue weighted by Gasteiger charge is -2.15. The van der Waals surface area contributed by atoms with Gasteiger partial charge in [-0.15, -0.1) is 11.8 Å². The van der Waals surface area contributed by atoms with Crippen molar-refractivity contribution in [2.24, 2.45) is 0 Å². The predicted octanol–water partition coefficient (Wildman–Crippen LogP) is 1.61. The van der Waals surface area contributed by atoms with Crippen molar-refractivity contribution in [3.05, 3.63) is 30.1 Å². The van der Waals surface area contributed by atoms with E-state index < -0.39 is 9.84 Å². The molecule has 1 heterocycles. The van der Waals surface area contributed by atoms with Gasteiger partial charge in [-0.05, 0) is 37.6 Å². The lowest BCUT2D eigenvalue weighted by Crippen LogP contribution is -2.39. The van der Waals surface area contributed by atoms with Crippen LogP contribution in [0.1, 0.15) is 13.3 Å². The molecule has 0 saturated carbocycles. The molecule has 1 saturated heterocycles. The zero-order valence-electron chi connectivity index (χ0n) is 11.0. The Kier molecular flexibility index (Phi) is 4.70. The monoisotopic (exact) mass is 317 g/mol. The van der Waals surface area contributed by atoms with Crippen molar-refractivity contribution in [1.82, 2.24) is 5.32 Å². The fourth-order valence-corrected chi connectivity index (χ4v) is 4.55. The first kappa shape index (κ1) is 15.3. The van der Waals surface area contributed by atoms with Crippen LogP contribution in [0.25, 0.3) is 0 Å². The molecule has 0 aromatic heterocycles. The van der Waals surface area contributed by atoms with E-state index in [1.807, 2.05) is 0 Å². The van der Waals surface area contributed by atoms with E-state index in [0.29, 0.717) is 6.42 Å². The fourth-order valence-electron chi connectivity index (χ4n) is 2.00. The highest BCUT2D eigenvalue weighted by Gasteiger charge is 2.30. The highest BCUT2D eigenvalue weighted by atomic mass is 32.2. The molecule has 1 aromatic rings. The molecule has 0 unspecified atom stereocenters. The molecule has 0 spiro atoms. The lowest BCUT2D eigenvalue weighted by molar-refractivity contribution is -0.120. The second kappa shape index (κ2) is 6.13. The van der Waals surface area contributed by atoms with Gasteiger partial charge in [-0.2, -0.15) is 0 Å². The van der Waals surface area contributed by atoms with Crippen molar-refractivity contribution in [2.75, 3.05) is 11.5 Å². The van der Waals surface area contributed by atoms with Gasteiger partial charge >= 0.3 is 0 Å². The summed E-state index contributed by atoms with van der Waals surface area (Å²) in [7, 11) is -2.99. The van der Waals surface area contributed by atoms with Crippen LogP contribution >= 0.6 is 11.8 Å². The van der Waals surface area contributed by atoms with E-state index in [1.165, 1.54) is 23.9 Å². The Morgan fingerprint density at radius 1 is 1.40 bits per heavy atom. The molecular weight excluding hydrogens is 301 g/mol. The second-order valence-corrected chi connectivity index (χ2v) is 8.47. The zero-order valence-corrected chi connectivity index (χ0v) is 12.6. The first-order valence-corrected chi connectivity index (χ1v) is 8.99. The number of nitrogens with one attached hydrogen (secondary N) is 1. The van der Waals surface area contributed by atoms with Gasteiger partial charge in [0.25, 0.3) is 0 Å². The van der Waals surface area contributed by atoms with Crippen LogP contribution in [0.2, 0.25) is 0 Å². The summed E-state index contributed by atoms with van der Waals surface area (Å²) in [6, 6.07) is 5.63. The molecular formula is C13H16FNO3S2. The molecule has 0 radical (unpaired) electrons. The molecule has 20 heavy (non-hydrogen) atoms. The van der Waals surface area contributed by atoms with Gasteiger partial charge in [0.05, 0.1) is 16.8 Å². The summed E-state index contributed by atoms with van der Waals surface area (Å²) in [6.07, 6.45) is 0.474. The van der Waals surface area contributed by atoms with Crippen LogP contribution in [0.3, 0.4) is 0 Å². The maximum atomic E-state index is 12.8. The van der Waals surface area contributed by atoms with Gasteiger partial charge in [-0.25, -0.2) is 12.8 Å². The summed E-state index contributed by atoms with van der Waals surface area (Å²) in [5.74, 6) is -0.353. The summed E-state index contributed by atoms with van der Waals surface area (Å²) in [6.45, 7) is 1.74. The quantitative estimate of drug-likeness (QED) is 0.857. The van der Waals surface area contributed by atoms with Crippen LogP contribution in [0.15, 0.2) is 29.2 Å². The largest absolute Gasteiger partial charge is 0.351 e. The van der Waals surface area contributed by atoms with E-state index in [0.717, 1.165) is 4.90 Å². The molecule has 1 N–H and O–H groups in total. The van der Waals surface area contributed by atoms with E-state index in [2.05, 4.69) is 5.32 Å². The first-order valence-electron chi connectivity index (χ1n) is 6.29. The van der Waals surface area contributed by atoms with Gasteiger partial charge in [-0.1, -0.05) is 0 Å². The predicted molar refractivity (Wildman–Crippen MR) is 76.9 cm³/mol. The minimum atomic E-state index is -2.99. The van der Waals surface area contributed by atoms with Gasteiger partial charge < -0.3 is 5.32 Å². The van der Waals surface area contributed by atoms with Crippen molar-refractivity contribution >= 4 is 27.5 Å². The van der Waals surface area contributed by atoms with E-state index in [9.17, 15) is 17.6 Å². The maximum absolute atomic E-state index is 12.8. The van der Waals surface area contributed by atoms with Crippen molar-refractivity contribution in [1.29, 1.82) is 0 Å². The molecule has 7 heteroatoms. The summed E-state index contributed by atoms with van der Waals surface area (Å²) in [5.41, 5.74) is 0. The molecule has 2 rings (SSSR count). The normalized spacial score (nSPS) is 22.4. The average molecular weight is 317 g/mol. The number of thioether (sulfide) groups is 1. The Morgan fingerprint density at radius 3 is 2.60 bits per heavy atom. The SMILES string of the molecule is C[C@H](Sc1ccc(F)cc1)C(=O)N[C@@H]1CCS(=O)(=O)C1. The number of hydrogen-bond donors (Lipinski definition) is 1. The van der Waals surface area contributed by atoms with Crippen molar-refractivity contribution < 1.29 is 17.6 Å². The Morgan fingerprint density at radius 2 is 2.05 bits per heavy atom. The van der Waals surface area contributed by atoms with Gasteiger partial charge in [0, 0.05) is 10.9 Å². The number of sulfone groups is 1. The molecule has 1 aromatic carbocycles. The van der Waals surface area contributed by atoms with Gasteiger partial charge in [0.2, 0.25) is 5.91 Å². The lowest BCUT2D eigenvalue weighted by atomic mass is 10.2. The van der Waals surface area contributed by atoms with E-state index in [1.54, 1.807) is 19.1 Å². The van der Waals surface area contributed by atoms with Crippen LogP contribution in [0, 0.1) is 5.82 Å². The molecule has 4 nitrogen and oxygen atoms in total. The smallest absolute Gasteiger partial charge is 0.233 e. The fraction of sp³-hybridized carbons (Fsp3) is 0.462. The van der Waals surface area contributed by atoms with Crippen LogP contribution in [-0.2, 0) is 14.6 Å². The summed E-state index contributed by atoms with van der Waals surface area (Å²) in [5, 5.41) is 2.40. The molecule has 0 bridgehead atoms. The zero-order chi connectivity index (χ0) is 14.8. The van der Waals surface area contributed by atoms with Crippen LogP contribution in [-0.4, -0.2) is 37.1 Å². The molecule has 1 amide bonds. The first-order chi connectivity index (χ1) is 9.35. The molecule has 0 aliphatic carbocycles. The third-order valence-corrected chi connectivity index (χ3v) is 5.95. The Balaban J connectivity index is 1.88. The molecule has 110 valence electrons. The van der Waals surface area contributed by atoms with Gasteiger partial charge in [0.1, 0.15) is 5.82 Å². The van der Waals surface area contributed by atoms with Crippen molar-refractivity contribution in [3.63, 3.8) is 0 Å². The minimum absolute atomic E-state index is 0.0205. The van der Waals surface area contributed by atoms with Gasteiger partial charge in [0.15, 0.2) is 9.84 Å². The molecule has 1 fully saturated rings. The number of carbonyl (C=O) groups is 1. The van der Waals surface area contributed by atoms with E-state index >= 15 is 0 Å². The summed E-state index contributed by atoms with van der Waals surface area (Å²) >= 11 is 1.32. The Bertz CT molecular complexity index is 586. The third-order valence-electron chi connectivity index (χ3n) is 3.07. The van der Waals surface area contributed by atoms with Crippen LogP contribution < -0.4 is 5.32 Å². The topological polar surface area (TPSA) is 63.2 Å². The van der Waals surface area contributed by atoms with Crippen LogP contribution in [0.5, 0.6) is 0 Å². The Labute approximate surface area is 122 Å². The number of halogens is 1. The van der Waals surface area contributed by atoms with Crippen molar-refractivity contribution in [3.8, 4) is 0 Å². The summed E-state index contributed by atoms with van der Waals surface area (Å²) in [4.78, 5) is 12.8. The summed E-state index contributed by atoms with van der Waals surface area (Å²) < 4.78 is 35.4. The molecule has 1 aliphatic heterocycles. The highest BCUT2D eigenvalue weighted by Crippen LogP contribution is 2.24. The number of amides is 1. The number of hydrogen-bond acceptors (Lipinski definition) is 4. The van der Waals surface area contributed by atoms with Crippen molar-refractivity contribution in [2.45, 2.75) is 29.5 Å².